The molecule has 2 aliphatic carbocycles. The van der Waals surface area contributed by atoms with Gasteiger partial charge in [0.2, 0.25) is 5.91 Å². The molecule has 2 aliphatic heterocycles. The van der Waals surface area contributed by atoms with Crippen molar-refractivity contribution in [2.75, 3.05) is 17.2 Å². The van der Waals surface area contributed by atoms with Gasteiger partial charge in [0, 0.05) is 12.5 Å². The summed E-state index contributed by atoms with van der Waals surface area (Å²) < 4.78 is 45.3. The summed E-state index contributed by atoms with van der Waals surface area (Å²) in [5.74, 6) is 1.49. The molecule has 0 aromatic carbocycles. The highest BCUT2D eigenvalue weighted by Gasteiger charge is 2.55. The maximum Gasteiger partial charge on any atom is 0.408 e. The summed E-state index contributed by atoms with van der Waals surface area (Å²) in [7, 11) is 0. The van der Waals surface area contributed by atoms with Crippen LogP contribution in [0, 0.1) is 5.41 Å². The zero-order chi connectivity index (χ0) is 25.9. The number of nitrogens with two attached hydrogens (primary N) is 1. The van der Waals surface area contributed by atoms with Crippen molar-refractivity contribution in [1.29, 1.82) is 5.41 Å². The summed E-state index contributed by atoms with van der Waals surface area (Å²) in [4.78, 5) is 34.0. The molecule has 2 aromatic rings. The molecule has 196 valence electrons. The molecule has 0 bridgehead atoms. The smallest absolute Gasteiger partial charge is 0.408 e. The zero-order valence-electron chi connectivity index (χ0n) is 20.1. The Labute approximate surface area is 210 Å². The van der Waals surface area contributed by atoms with Crippen LogP contribution in [-0.4, -0.2) is 55.5 Å². The van der Waals surface area contributed by atoms with Crippen molar-refractivity contribution < 1.29 is 22.7 Å². The highest BCUT2D eigenvalue weighted by atomic mass is 19.4. The van der Waals surface area contributed by atoms with Gasteiger partial charge < -0.3 is 15.4 Å². The Hall–Kier alpha value is -3.51. The fourth-order valence-electron chi connectivity index (χ4n) is 5.86. The molecule has 3 fully saturated rings. The molecule has 1 atom stereocenters. The average Bonchev–Trinajstić information content (AvgIpc) is 3.28. The third-order valence-corrected chi connectivity index (χ3v) is 7.81. The van der Waals surface area contributed by atoms with Gasteiger partial charge in [-0.05, 0) is 38.5 Å². The van der Waals surface area contributed by atoms with Crippen molar-refractivity contribution in [3.63, 3.8) is 0 Å². The van der Waals surface area contributed by atoms with Crippen LogP contribution in [0.25, 0.3) is 0 Å². The lowest BCUT2D eigenvalue weighted by Gasteiger charge is -2.27. The van der Waals surface area contributed by atoms with Gasteiger partial charge in [-0.15, -0.1) is 0 Å². The second kappa shape index (κ2) is 8.52. The number of carbonyl (C=O) groups excluding carboxylic acids is 1. The van der Waals surface area contributed by atoms with Crippen LogP contribution in [0.3, 0.4) is 0 Å². The van der Waals surface area contributed by atoms with Crippen LogP contribution in [0.4, 0.5) is 30.5 Å². The quantitative estimate of drug-likeness (QED) is 0.464. The number of nitrogens with one attached hydrogen (secondary N) is 1. The Morgan fingerprint density at radius 2 is 1.84 bits per heavy atom. The Bertz CT molecular complexity index is 1240. The van der Waals surface area contributed by atoms with Crippen molar-refractivity contribution >= 4 is 29.3 Å². The Morgan fingerprint density at radius 1 is 1.14 bits per heavy atom. The monoisotopic (exact) mass is 516 g/mol. The fourth-order valence-corrected chi connectivity index (χ4v) is 5.86. The van der Waals surface area contributed by atoms with Gasteiger partial charge in [0.15, 0.2) is 12.4 Å². The molecule has 3 N–H and O–H groups in total. The number of likely N-dealkylation sites (tertiary alicyclic amines) is 1. The van der Waals surface area contributed by atoms with Crippen LogP contribution in [0.5, 0.6) is 0 Å². The minimum atomic E-state index is -4.45. The molecule has 1 saturated heterocycles. The number of hydrogen-bond donors (Lipinski definition) is 2. The summed E-state index contributed by atoms with van der Waals surface area (Å²) in [6.45, 7) is -0.276. The lowest BCUT2D eigenvalue weighted by molar-refractivity contribution is -0.169. The van der Waals surface area contributed by atoms with E-state index in [1.807, 2.05) is 0 Å². The third kappa shape index (κ3) is 3.95. The van der Waals surface area contributed by atoms with E-state index in [1.165, 1.54) is 4.90 Å². The van der Waals surface area contributed by atoms with E-state index >= 15 is 0 Å². The maximum atomic E-state index is 13.8. The fraction of sp³-hybridized carbons (Fsp3) is 0.583. The SMILES string of the molecule is N=C(OCc1nc(N)c2c(n1)N(c1cnc(C3CC3)nc1)C(=O)C21CCCC1)N1CCC[C@@H]1C(F)(F)F. The van der Waals surface area contributed by atoms with E-state index in [2.05, 4.69) is 19.9 Å². The van der Waals surface area contributed by atoms with Crippen molar-refractivity contribution in [1.82, 2.24) is 24.8 Å². The summed E-state index contributed by atoms with van der Waals surface area (Å²) in [6, 6.07) is -2.34. The first kappa shape index (κ1) is 23.9. The van der Waals surface area contributed by atoms with E-state index in [4.69, 9.17) is 15.9 Å². The van der Waals surface area contributed by atoms with Gasteiger partial charge >= 0.3 is 6.18 Å². The van der Waals surface area contributed by atoms with Gasteiger partial charge in [-0.1, -0.05) is 12.8 Å². The van der Waals surface area contributed by atoms with Crippen LogP contribution in [0.2, 0.25) is 0 Å². The van der Waals surface area contributed by atoms with Crippen molar-refractivity contribution in [2.45, 2.75) is 81.5 Å². The molecule has 2 aromatic heterocycles. The molecule has 4 heterocycles. The summed E-state index contributed by atoms with van der Waals surface area (Å²) in [6.07, 6.45) is 4.11. The van der Waals surface area contributed by atoms with Crippen LogP contribution in [0.15, 0.2) is 12.4 Å². The molecular formula is C24H27F3N8O2. The largest absolute Gasteiger partial charge is 0.457 e. The molecule has 10 nitrogen and oxygen atoms in total. The van der Waals surface area contributed by atoms with Gasteiger partial charge in [0.1, 0.15) is 23.5 Å². The second-order valence-electron chi connectivity index (χ2n) is 10.2. The maximum absolute atomic E-state index is 13.8. The third-order valence-electron chi connectivity index (χ3n) is 7.81. The Balaban J connectivity index is 1.30. The number of carbonyl (C=O) groups is 1. The summed E-state index contributed by atoms with van der Waals surface area (Å²) in [5, 5.41) is 8.09. The molecule has 1 amide bonds. The number of fused-ring (bicyclic) bond motifs is 2. The van der Waals surface area contributed by atoms with Gasteiger partial charge in [-0.25, -0.2) is 19.9 Å². The number of anilines is 3. The molecule has 37 heavy (non-hydrogen) atoms. The van der Waals surface area contributed by atoms with Gasteiger partial charge in [-0.3, -0.25) is 15.1 Å². The number of nitrogen functional groups attached to an aromatic ring is 1. The number of amidine groups is 1. The molecule has 6 rings (SSSR count). The highest BCUT2D eigenvalue weighted by Crippen LogP contribution is 2.54. The van der Waals surface area contributed by atoms with Crippen molar-refractivity contribution in [2.24, 2.45) is 0 Å². The number of hydrogen-bond acceptors (Lipinski definition) is 8. The van der Waals surface area contributed by atoms with Crippen LogP contribution >= 0.6 is 0 Å². The Kier molecular flexibility index (Phi) is 5.50. The lowest BCUT2D eigenvalue weighted by atomic mass is 9.80. The van der Waals surface area contributed by atoms with Crippen LogP contribution in [0.1, 0.15) is 74.5 Å². The number of amides is 1. The van der Waals surface area contributed by atoms with E-state index in [1.54, 1.807) is 12.4 Å². The average molecular weight is 517 g/mol. The molecule has 13 heteroatoms. The molecule has 2 saturated carbocycles. The van der Waals surface area contributed by atoms with E-state index in [0.29, 0.717) is 42.2 Å². The number of nitrogens with zero attached hydrogens (tertiary/aromatic N) is 6. The minimum absolute atomic E-state index is 0.0760. The number of rotatable bonds is 4. The van der Waals surface area contributed by atoms with Gasteiger partial charge in [0.25, 0.3) is 6.02 Å². The predicted molar refractivity (Wildman–Crippen MR) is 126 cm³/mol. The number of aromatic nitrogens is 4. The molecule has 1 spiro atoms. The Morgan fingerprint density at radius 3 is 2.49 bits per heavy atom. The molecule has 0 radical (unpaired) electrons. The number of alkyl halides is 3. The molecular weight excluding hydrogens is 489 g/mol. The first-order valence-corrected chi connectivity index (χ1v) is 12.6. The van der Waals surface area contributed by atoms with E-state index < -0.39 is 23.7 Å². The lowest BCUT2D eigenvalue weighted by Crippen LogP contribution is -2.45. The van der Waals surface area contributed by atoms with Crippen molar-refractivity contribution in [3.05, 3.63) is 29.6 Å². The summed E-state index contributed by atoms with van der Waals surface area (Å²) >= 11 is 0. The van der Waals surface area contributed by atoms with Gasteiger partial charge in [0.05, 0.1) is 29.1 Å². The standard InChI is InChI=1S/C24H27F3N8O2/c25-24(26,27)15-4-3-9-34(15)22(29)37-12-16-32-18(28)17-20(33-16)35(21(36)23(17)7-1-2-8-23)14-10-30-19(31-11-14)13-5-6-13/h10-11,13,15,29H,1-9,12H2,(H2,28,32,33)/t15-/m1/s1. The first-order chi connectivity index (χ1) is 17.7. The predicted octanol–water partition coefficient (Wildman–Crippen LogP) is 3.69. The molecule has 4 aliphatic rings. The summed E-state index contributed by atoms with van der Waals surface area (Å²) in [5.41, 5.74) is 6.60. The number of ether oxygens (including phenoxy) is 1. The number of halogens is 3. The normalized spacial score (nSPS) is 22.7. The van der Waals surface area contributed by atoms with E-state index in [-0.39, 0.29) is 37.1 Å². The van der Waals surface area contributed by atoms with Crippen LogP contribution in [-0.2, 0) is 21.6 Å². The minimum Gasteiger partial charge on any atom is -0.457 e. The van der Waals surface area contributed by atoms with E-state index in [9.17, 15) is 18.0 Å². The van der Waals surface area contributed by atoms with Crippen LogP contribution < -0.4 is 10.6 Å². The van der Waals surface area contributed by atoms with Gasteiger partial charge in [-0.2, -0.15) is 13.2 Å². The zero-order valence-corrected chi connectivity index (χ0v) is 20.1. The van der Waals surface area contributed by atoms with Crippen molar-refractivity contribution in [3.8, 4) is 0 Å². The first-order valence-electron chi connectivity index (χ1n) is 12.6. The molecule has 0 unspecified atom stereocenters. The highest BCUT2D eigenvalue weighted by molar-refractivity contribution is 6.13. The second-order valence-corrected chi connectivity index (χ2v) is 10.2. The van der Waals surface area contributed by atoms with E-state index in [0.717, 1.165) is 36.4 Å². The topological polar surface area (TPSA) is 134 Å².